The first-order valence-electron chi connectivity index (χ1n) is 14.0. The molecule has 7 rings (SSSR count). The molecule has 0 aliphatic carbocycles. The summed E-state index contributed by atoms with van der Waals surface area (Å²) >= 11 is 7.86. The summed E-state index contributed by atoms with van der Waals surface area (Å²) in [6.45, 7) is 1.96. The Bertz CT molecular complexity index is 2250. The number of methoxy groups -OCH3 is 1. The van der Waals surface area contributed by atoms with Gasteiger partial charge in [0, 0.05) is 12.1 Å². The Labute approximate surface area is 266 Å². The fraction of sp³-hybridized carbons (Fsp3) is 0.121. The van der Waals surface area contributed by atoms with E-state index in [1.54, 1.807) is 26.3 Å². The molecule has 3 heterocycles. The average molecular weight is 636 g/mol. The Morgan fingerprint density at radius 3 is 2.42 bits per heavy atom. The molecular formula is C33H26ClN7O3S. The molecule has 0 aliphatic heterocycles. The topological polar surface area (TPSA) is 101 Å². The monoisotopic (exact) mass is 635 g/mol. The van der Waals surface area contributed by atoms with Crippen LogP contribution in [-0.4, -0.2) is 41.0 Å². The highest BCUT2D eigenvalue weighted by molar-refractivity contribution is 7.98. The minimum absolute atomic E-state index is 0.118. The predicted molar refractivity (Wildman–Crippen MR) is 175 cm³/mol. The highest BCUT2D eigenvalue weighted by atomic mass is 35.5. The van der Waals surface area contributed by atoms with Crippen molar-refractivity contribution in [3.63, 3.8) is 0 Å². The Balaban J connectivity index is 1.30. The second kappa shape index (κ2) is 11.8. The van der Waals surface area contributed by atoms with E-state index in [1.807, 2.05) is 94.8 Å². The largest absolute Gasteiger partial charge is 0.496 e. The molecule has 12 heteroatoms. The number of hydrogen-bond donors (Lipinski definition) is 0. The van der Waals surface area contributed by atoms with Gasteiger partial charge in [-0.15, -0.1) is 20.4 Å². The fourth-order valence-electron chi connectivity index (χ4n) is 5.19. The molecular weight excluding hydrogens is 610 g/mol. The van der Waals surface area contributed by atoms with Gasteiger partial charge in [-0.2, -0.15) is 0 Å². The van der Waals surface area contributed by atoms with Crippen LogP contribution in [0.1, 0.15) is 11.4 Å². The molecule has 0 atom stereocenters. The van der Waals surface area contributed by atoms with Crippen molar-refractivity contribution in [3.8, 4) is 34.3 Å². The van der Waals surface area contributed by atoms with Crippen molar-refractivity contribution in [1.82, 2.24) is 33.9 Å². The zero-order chi connectivity index (χ0) is 31.1. The number of rotatable bonds is 8. The first kappa shape index (κ1) is 28.6. The second-order valence-corrected chi connectivity index (χ2v) is 11.7. The number of para-hydroxylation sites is 1. The van der Waals surface area contributed by atoms with Gasteiger partial charge in [-0.1, -0.05) is 53.2 Å². The van der Waals surface area contributed by atoms with Gasteiger partial charge in [-0.25, -0.2) is 0 Å². The quantitative estimate of drug-likeness (QED) is 0.167. The van der Waals surface area contributed by atoms with E-state index in [4.69, 9.17) is 21.1 Å². The van der Waals surface area contributed by atoms with Gasteiger partial charge in [0.15, 0.2) is 11.0 Å². The molecule has 0 amide bonds. The van der Waals surface area contributed by atoms with E-state index in [-0.39, 0.29) is 5.56 Å². The van der Waals surface area contributed by atoms with E-state index in [2.05, 4.69) is 20.4 Å². The maximum absolute atomic E-state index is 13.1. The summed E-state index contributed by atoms with van der Waals surface area (Å²) in [6.07, 6.45) is 0. The average Bonchev–Trinajstić information content (AvgIpc) is 3.68. The third-order valence-electron chi connectivity index (χ3n) is 7.38. The van der Waals surface area contributed by atoms with Gasteiger partial charge in [-0.3, -0.25) is 18.3 Å². The lowest BCUT2D eigenvalue weighted by Crippen LogP contribution is -2.20. The van der Waals surface area contributed by atoms with Gasteiger partial charge in [-0.05, 0) is 73.7 Å². The maximum atomic E-state index is 13.1. The zero-order valence-corrected chi connectivity index (χ0v) is 26.1. The van der Waals surface area contributed by atoms with E-state index < -0.39 is 0 Å². The number of thioether (sulfide) groups is 1. The van der Waals surface area contributed by atoms with Crippen LogP contribution in [0.3, 0.4) is 0 Å². The van der Waals surface area contributed by atoms with Crippen molar-refractivity contribution in [2.24, 2.45) is 7.05 Å². The number of fused-ring (bicyclic) bond motifs is 3. The lowest BCUT2D eigenvalue weighted by atomic mass is 10.1. The molecule has 224 valence electrons. The lowest BCUT2D eigenvalue weighted by Gasteiger charge is -2.14. The van der Waals surface area contributed by atoms with Crippen LogP contribution in [0.5, 0.6) is 17.2 Å². The number of benzene rings is 4. The van der Waals surface area contributed by atoms with Crippen LogP contribution in [-0.2, 0) is 12.8 Å². The summed E-state index contributed by atoms with van der Waals surface area (Å²) < 4.78 is 17.1. The zero-order valence-electron chi connectivity index (χ0n) is 24.5. The maximum Gasteiger partial charge on any atom is 0.262 e. The lowest BCUT2D eigenvalue weighted by molar-refractivity contribution is 0.416. The van der Waals surface area contributed by atoms with Gasteiger partial charge in [0.2, 0.25) is 5.78 Å². The molecule has 0 radical (unpaired) electrons. The number of ether oxygens (including phenoxy) is 2. The van der Waals surface area contributed by atoms with E-state index in [0.717, 1.165) is 22.5 Å². The van der Waals surface area contributed by atoms with Gasteiger partial charge < -0.3 is 9.47 Å². The summed E-state index contributed by atoms with van der Waals surface area (Å²) in [5.74, 6) is 4.15. The number of aryl methyl sites for hydroxylation is 2. The first-order chi connectivity index (χ1) is 21.9. The van der Waals surface area contributed by atoms with Crippen molar-refractivity contribution in [3.05, 3.63) is 118 Å². The van der Waals surface area contributed by atoms with Crippen molar-refractivity contribution >= 4 is 40.0 Å². The minimum Gasteiger partial charge on any atom is -0.496 e. The molecule has 45 heavy (non-hydrogen) atoms. The summed E-state index contributed by atoms with van der Waals surface area (Å²) in [7, 11) is 3.31. The number of nitrogens with zero attached hydrogens (tertiary/aromatic N) is 7. The molecule has 0 N–H and O–H groups in total. The molecule has 0 bridgehead atoms. The molecule has 0 aliphatic rings. The van der Waals surface area contributed by atoms with E-state index >= 15 is 0 Å². The van der Waals surface area contributed by atoms with E-state index in [0.29, 0.717) is 55.8 Å². The number of halogens is 1. The van der Waals surface area contributed by atoms with Gasteiger partial charge >= 0.3 is 0 Å². The normalized spacial score (nSPS) is 11.4. The third kappa shape index (κ3) is 5.30. The van der Waals surface area contributed by atoms with Crippen molar-refractivity contribution in [2.75, 3.05) is 7.11 Å². The first-order valence-corrected chi connectivity index (χ1v) is 15.4. The van der Waals surface area contributed by atoms with Crippen LogP contribution in [0, 0.1) is 6.92 Å². The third-order valence-corrected chi connectivity index (χ3v) is 8.54. The fourth-order valence-corrected chi connectivity index (χ4v) is 6.23. The summed E-state index contributed by atoms with van der Waals surface area (Å²) in [5.41, 5.74) is 3.14. The minimum atomic E-state index is -0.118. The molecule has 0 spiro atoms. The summed E-state index contributed by atoms with van der Waals surface area (Å²) in [4.78, 5) is 13.1. The van der Waals surface area contributed by atoms with Crippen LogP contribution in [0.25, 0.3) is 33.8 Å². The van der Waals surface area contributed by atoms with E-state index in [9.17, 15) is 4.79 Å². The molecule has 4 aromatic carbocycles. The molecule has 3 aromatic heterocycles. The highest BCUT2D eigenvalue weighted by Gasteiger charge is 2.22. The smallest absolute Gasteiger partial charge is 0.262 e. The standard InChI is InChI=1S/C33H26ClN7O3S/c1-20-9-15-27-25(17-20)31(42)39(2)32-37-35-29(41(27)32)19-45-33-38-36-30(26-18-21(34)10-16-28(26)43-3)40(33)22-11-13-24(14-12-22)44-23-7-5-4-6-8-23/h4-18H,19H2,1-3H3. The molecule has 0 saturated carbocycles. The molecule has 0 fully saturated rings. The summed E-state index contributed by atoms with van der Waals surface area (Å²) in [5, 5.41) is 19.7. The Morgan fingerprint density at radius 2 is 1.64 bits per heavy atom. The Morgan fingerprint density at radius 1 is 0.867 bits per heavy atom. The Hall–Kier alpha value is -5.13. The van der Waals surface area contributed by atoms with Crippen LogP contribution in [0.4, 0.5) is 0 Å². The molecule has 10 nitrogen and oxygen atoms in total. The second-order valence-electron chi connectivity index (χ2n) is 10.3. The Kier molecular flexibility index (Phi) is 7.48. The summed E-state index contributed by atoms with van der Waals surface area (Å²) in [6, 6.07) is 28.5. The molecule has 0 unspecified atom stereocenters. The molecule has 0 saturated heterocycles. The number of hydrogen-bond acceptors (Lipinski definition) is 8. The SMILES string of the molecule is COc1ccc(Cl)cc1-c1nnc(SCc2nnc3n(C)c(=O)c4cc(C)ccc4n23)n1-c1ccc(Oc2ccccc2)cc1. The molecule has 7 aromatic rings. The van der Waals surface area contributed by atoms with Crippen molar-refractivity contribution in [2.45, 2.75) is 17.8 Å². The highest BCUT2D eigenvalue weighted by Crippen LogP contribution is 2.36. The van der Waals surface area contributed by atoms with Crippen LogP contribution >= 0.6 is 23.4 Å². The predicted octanol–water partition coefficient (Wildman–Crippen LogP) is 6.88. The van der Waals surface area contributed by atoms with Gasteiger partial charge in [0.1, 0.15) is 23.1 Å². The van der Waals surface area contributed by atoms with Crippen molar-refractivity contribution < 1.29 is 9.47 Å². The van der Waals surface area contributed by atoms with Gasteiger partial charge in [0.05, 0.1) is 35.0 Å². The van der Waals surface area contributed by atoms with E-state index in [1.165, 1.54) is 16.3 Å². The van der Waals surface area contributed by atoms with Crippen molar-refractivity contribution in [1.29, 1.82) is 0 Å². The van der Waals surface area contributed by atoms with Crippen LogP contribution in [0.15, 0.2) is 101 Å². The van der Waals surface area contributed by atoms with Gasteiger partial charge in [0.25, 0.3) is 5.56 Å². The number of aromatic nitrogens is 7. The van der Waals surface area contributed by atoms with Crippen LogP contribution in [0.2, 0.25) is 5.02 Å². The van der Waals surface area contributed by atoms with Crippen LogP contribution < -0.4 is 15.0 Å².